The first-order chi connectivity index (χ1) is 8.11. The maximum atomic E-state index is 11.3. The topological polar surface area (TPSA) is 57.3 Å². The van der Waals surface area contributed by atoms with Gasteiger partial charge in [0.15, 0.2) is 5.82 Å². The second kappa shape index (κ2) is 4.63. The molecule has 0 fully saturated rings. The van der Waals surface area contributed by atoms with Crippen molar-refractivity contribution in [3.05, 3.63) is 45.2 Å². The average molecular weight is 255 g/mol. The van der Waals surface area contributed by atoms with Gasteiger partial charge in [-0.05, 0) is 24.6 Å². The van der Waals surface area contributed by atoms with Crippen LogP contribution in [0.1, 0.15) is 11.4 Å². The lowest BCUT2D eigenvalue weighted by atomic mass is 10.2. The highest BCUT2D eigenvalue weighted by molar-refractivity contribution is 6.31. The molecule has 0 N–H and O–H groups in total. The van der Waals surface area contributed by atoms with Crippen molar-refractivity contribution in [2.45, 2.75) is 13.5 Å². The van der Waals surface area contributed by atoms with Crippen LogP contribution in [0, 0.1) is 6.92 Å². The minimum absolute atomic E-state index is 0.330. The molecule has 0 amide bonds. The van der Waals surface area contributed by atoms with E-state index in [9.17, 15) is 4.79 Å². The van der Waals surface area contributed by atoms with Gasteiger partial charge in [0.25, 0.3) is 0 Å². The number of halogens is 1. The Morgan fingerprint density at radius 2 is 2.29 bits per heavy atom. The fourth-order valence-corrected chi connectivity index (χ4v) is 1.70. The molecule has 90 valence electrons. The molecule has 0 spiro atoms. The first-order valence-corrected chi connectivity index (χ1v) is 5.35. The summed E-state index contributed by atoms with van der Waals surface area (Å²) in [4.78, 5) is 11.3. The Morgan fingerprint density at radius 1 is 1.53 bits per heavy atom. The molecule has 0 atom stereocenters. The maximum absolute atomic E-state index is 11.3. The van der Waals surface area contributed by atoms with Crippen molar-refractivity contribution in [3.63, 3.8) is 0 Å². The number of hydrogen-bond donors (Lipinski definition) is 0. The summed E-state index contributed by atoms with van der Waals surface area (Å²) < 4.78 is 11.0. The Labute approximate surface area is 103 Å². The number of hydrogen-bond acceptors (Lipinski definition) is 4. The number of aromatic nitrogens is 2. The maximum Gasteiger partial charge on any atom is 0.441 e. The van der Waals surface area contributed by atoms with E-state index in [0.717, 1.165) is 5.56 Å². The van der Waals surface area contributed by atoms with E-state index in [4.69, 9.17) is 16.3 Å². The van der Waals surface area contributed by atoms with Gasteiger partial charge < -0.3 is 4.74 Å². The van der Waals surface area contributed by atoms with Crippen LogP contribution in [0.4, 0.5) is 0 Å². The van der Waals surface area contributed by atoms with E-state index in [1.165, 1.54) is 4.57 Å². The zero-order valence-electron chi connectivity index (χ0n) is 9.44. The molecule has 17 heavy (non-hydrogen) atoms. The molecule has 0 radical (unpaired) electrons. The van der Waals surface area contributed by atoms with Crippen molar-refractivity contribution in [1.29, 1.82) is 0 Å². The fraction of sp³-hybridized carbons (Fsp3) is 0.273. The van der Waals surface area contributed by atoms with Crippen molar-refractivity contribution < 1.29 is 9.26 Å². The highest BCUT2D eigenvalue weighted by atomic mass is 35.5. The molecule has 2 rings (SSSR count). The van der Waals surface area contributed by atoms with Crippen molar-refractivity contribution in [2.75, 3.05) is 7.11 Å². The van der Waals surface area contributed by atoms with Gasteiger partial charge in [-0.3, -0.25) is 9.09 Å². The van der Waals surface area contributed by atoms with Gasteiger partial charge in [-0.25, -0.2) is 4.79 Å². The smallest absolute Gasteiger partial charge is 0.441 e. The Kier molecular flexibility index (Phi) is 3.19. The average Bonchev–Trinajstić information content (AvgIpc) is 2.63. The molecule has 0 saturated heterocycles. The van der Waals surface area contributed by atoms with Crippen LogP contribution in [0.25, 0.3) is 0 Å². The van der Waals surface area contributed by atoms with Crippen LogP contribution in [0.5, 0.6) is 5.75 Å². The first-order valence-electron chi connectivity index (χ1n) is 4.97. The van der Waals surface area contributed by atoms with E-state index in [0.29, 0.717) is 23.1 Å². The quantitative estimate of drug-likeness (QED) is 0.839. The molecular weight excluding hydrogens is 244 g/mol. The molecule has 2 aromatic rings. The zero-order chi connectivity index (χ0) is 12.4. The second-order valence-corrected chi connectivity index (χ2v) is 3.95. The molecule has 0 aliphatic rings. The molecule has 1 aromatic heterocycles. The normalized spacial score (nSPS) is 10.5. The molecule has 0 bridgehead atoms. The zero-order valence-corrected chi connectivity index (χ0v) is 10.2. The Hall–Kier alpha value is -1.75. The summed E-state index contributed by atoms with van der Waals surface area (Å²) in [7, 11) is 1.57. The number of nitrogens with zero attached hydrogens (tertiary/aromatic N) is 2. The van der Waals surface area contributed by atoms with Crippen LogP contribution in [-0.2, 0) is 6.54 Å². The van der Waals surface area contributed by atoms with Crippen molar-refractivity contribution >= 4 is 11.6 Å². The molecule has 0 saturated carbocycles. The Balaban J connectivity index is 2.34. The third-order valence-electron chi connectivity index (χ3n) is 2.46. The molecule has 1 heterocycles. The largest absolute Gasteiger partial charge is 0.497 e. The van der Waals surface area contributed by atoms with Gasteiger partial charge in [0.05, 0.1) is 13.7 Å². The van der Waals surface area contributed by atoms with Gasteiger partial charge in [0.2, 0.25) is 0 Å². The molecule has 0 aliphatic carbocycles. The fourth-order valence-electron chi connectivity index (χ4n) is 1.47. The van der Waals surface area contributed by atoms with Crippen molar-refractivity contribution in [1.82, 2.24) is 9.72 Å². The Morgan fingerprint density at radius 3 is 2.82 bits per heavy atom. The van der Waals surface area contributed by atoms with Crippen LogP contribution in [0.2, 0.25) is 5.02 Å². The summed E-state index contributed by atoms with van der Waals surface area (Å²) in [5, 5.41) is 4.12. The lowest BCUT2D eigenvalue weighted by Crippen LogP contribution is -2.16. The molecule has 1 aromatic carbocycles. The van der Waals surface area contributed by atoms with Gasteiger partial charge in [0.1, 0.15) is 5.75 Å². The standard InChI is InChI=1S/C11H11ClN2O3/c1-7-13-17-11(15)14(7)6-8-3-4-9(16-2)5-10(8)12/h3-5H,6H2,1-2H3. The lowest BCUT2D eigenvalue weighted by molar-refractivity contribution is 0.375. The predicted octanol–water partition coefficient (Wildman–Crippen LogP) is 1.86. The minimum Gasteiger partial charge on any atom is -0.497 e. The van der Waals surface area contributed by atoms with Crippen LogP contribution >= 0.6 is 11.6 Å². The molecular formula is C11H11ClN2O3. The molecule has 6 heteroatoms. The van der Waals surface area contributed by atoms with E-state index in [2.05, 4.69) is 9.68 Å². The van der Waals surface area contributed by atoms with E-state index in [-0.39, 0.29) is 0 Å². The van der Waals surface area contributed by atoms with Crippen LogP contribution in [-0.4, -0.2) is 16.8 Å². The van der Waals surface area contributed by atoms with E-state index < -0.39 is 5.76 Å². The Bertz CT molecular complexity index is 589. The van der Waals surface area contributed by atoms with E-state index >= 15 is 0 Å². The number of benzene rings is 1. The van der Waals surface area contributed by atoms with Crippen molar-refractivity contribution in [2.24, 2.45) is 0 Å². The summed E-state index contributed by atoms with van der Waals surface area (Å²) in [5.41, 5.74) is 0.806. The summed E-state index contributed by atoms with van der Waals surface area (Å²) in [6.45, 7) is 2.03. The lowest BCUT2D eigenvalue weighted by Gasteiger charge is -2.06. The summed E-state index contributed by atoms with van der Waals surface area (Å²) in [6.07, 6.45) is 0. The van der Waals surface area contributed by atoms with Gasteiger partial charge in [-0.15, -0.1) is 0 Å². The van der Waals surface area contributed by atoms with Gasteiger partial charge >= 0.3 is 5.76 Å². The van der Waals surface area contributed by atoms with Gasteiger partial charge in [-0.2, -0.15) is 0 Å². The van der Waals surface area contributed by atoms with Gasteiger partial charge in [0, 0.05) is 5.02 Å². The van der Waals surface area contributed by atoms with Crippen LogP contribution < -0.4 is 10.5 Å². The van der Waals surface area contributed by atoms with Crippen LogP contribution in [0.3, 0.4) is 0 Å². The number of rotatable bonds is 3. The van der Waals surface area contributed by atoms with Gasteiger partial charge in [-0.1, -0.05) is 22.8 Å². The number of aryl methyl sites for hydroxylation is 1. The molecule has 0 aliphatic heterocycles. The van der Waals surface area contributed by atoms with Crippen molar-refractivity contribution in [3.8, 4) is 5.75 Å². The highest BCUT2D eigenvalue weighted by Crippen LogP contribution is 2.22. The summed E-state index contributed by atoms with van der Waals surface area (Å²) >= 11 is 6.08. The minimum atomic E-state index is -0.491. The third-order valence-corrected chi connectivity index (χ3v) is 2.81. The van der Waals surface area contributed by atoms with E-state index in [1.54, 1.807) is 32.2 Å². The summed E-state index contributed by atoms with van der Waals surface area (Å²) in [6, 6.07) is 5.29. The SMILES string of the molecule is COc1ccc(Cn2c(C)noc2=O)c(Cl)c1. The first kappa shape index (κ1) is 11.7. The third kappa shape index (κ3) is 2.34. The number of methoxy groups -OCH3 is 1. The van der Waals surface area contributed by atoms with E-state index in [1.807, 2.05) is 0 Å². The second-order valence-electron chi connectivity index (χ2n) is 3.54. The predicted molar refractivity (Wildman–Crippen MR) is 62.6 cm³/mol. The summed E-state index contributed by atoms with van der Waals surface area (Å²) in [5.74, 6) is 0.699. The molecule has 5 nitrogen and oxygen atoms in total. The number of ether oxygens (including phenoxy) is 1. The highest BCUT2D eigenvalue weighted by Gasteiger charge is 2.09. The molecule has 0 unspecified atom stereocenters. The monoisotopic (exact) mass is 254 g/mol. The van der Waals surface area contributed by atoms with Crippen LogP contribution in [0.15, 0.2) is 27.5 Å².